The van der Waals surface area contributed by atoms with Gasteiger partial charge < -0.3 is 0 Å². The van der Waals surface area contributed by atoms with Crippen LogP contribution < -0.4 is 0 Å². The smallest absolute Gasteiger partial charge is 0.274 e. The van der Waals surface area contributed by atoms with E-state index in [1.54, 1.807) is 31.3 Å². The Labute approximate surface area is 158 Å². The fraction of sp³-hybridized carbons (Fsp3) is 0.238. The maximum Gasteiger partial charge on any atom is 0.278 e. The normalized spacial score (nSPS) is 16.6. The Morgan fingerprint density at radius 3 is 2.37 bits per heavy atom. The van der Waals surface area contributed by atoms with Crippen LogP contribution in [0.1, 0.15) is 39.2 Å². The third-order valence-corrected chi connectivity index (χ3v) is 4.41. The standard InChI is InChI=1S/C21H22N2O4/c1-15-13-19(16-9-11-18(12-10-16)20(24)22(2)26-3)23(27-14-15)21(25)17-7-5-4-6-8-17/h4-13,19H,14H2,1-3H3/t19-/m1/s1. The zero-order chi connectivity index (χ0) is 19.4. The fourth-order valence-corrected chi connectivity index (χ4v) is 2.85. The summed E-state index contributed by atoms with van der Waals surface area (Å²) in [6.45, 7) is 2.33. The van der Waals surface area contributed by atoms with Crippen LogP contribution in [-0.4, -0.2) is 42.7 Å². The summed E-state index contributed by atoms with van der Waals surface area (Å²) in [6, 6.07) is 15.7. The molecule has 1 heterocycles. The number of hydrogen-bond acceptors (Lipinski definition) is 4. The monoisotopic (exact) mass is 366 g/mol. The van der Waals surface area contributed by atoms with E-state index in [1.807, 2.05) is 43.3 Å². The summed E-state index contributed by atoms with van der Waals surface area (Å²) < 4.78 is 0. The third kappa shape index (κ3) is 4.07. The first-order chi connectivity index (χ1) is 13.0. The van der Waals surface area contributed by atoms with Gasteiger partial charge in [-0.15, -0.1) is 0 Å². The fourth-order valence-electron chi connectivity index (χ4n) is 2.85. The second kappa shape index (κ2) is 8.16. The predicted molar refractivity (Wildman–Crippen MR) is 101 cm³/mol. The molecule has 0 saturated heterocycles. The van der Waals surface area contributed by atoms with Crippen molar-refractivity contribution in [1.29, 1.82) is 0 Å². The molecular weight excluding hydrogens is 344 g/mol. The van der Waals surface area contributed by atoms with E-state index in [-0.39, 0.29) is 17.9 Å². The predicted octanol–water partition coefficient (Wildman–Crippen LogP) is 3.40. The molecule has 2 amide bonds. The molecule has 0 fully saturated rings. The van der Waals surface area contributed by atoms with Crippen molar-refractivity contribution in [2.45, 2.75) is 13.0 Å². The summed E-state index contributed by atoms with van der Waals surface area (Å²) in [5.74, 6) is -0.448. The van der Waals surface area contributed by atoms with E-state index in [0.717, 1.165) is 16.2 Å². The lowest BCUT2D eigenvalue weighted by Gasteiger charge is -2.33. The lowest BCUT2D eigenvalue weighted by atomic mass is 10.0. The van der Waals surface area contributed by atoms with Crippen molar-refractivity contribution in [1.82, 2.24) is 10.1 Å². The Hall–Kier alpha value is -2.96. The van der Waals surface area contributed by atoms with Gasteiger partial charge in [0.05, 0.1) is 13.7 Å². The van der Waals surface area contributed by atoms with E-state index in [2.05, 4.69) is 0 Å². The van der Waals surface area contributed by atoms with Gasteiger partial charge in [0.1, 0.15) is 6.04 Å². The maximum atomic E-state index is 12.9. The van der Waals surface area contributed by atoms with Crippen LogP contribution in [0, 0.1) is 0 Å². The van der Waals surface area contributed by atoms with Crippen molar-refractivity contribution in [3.05, 3.63) is 82.9 Å². The minimum Gasteiger partial charge on any atom is -0.274 e. The zero-order valence-corrected chi connectivity index (χ0v) is 15.6. The average molecular weight is 366 g/mol. The molecule has 1 atom stereocenters. The van der Waals surface area contributed by atoms with Gasteiger partial charge in [-0.2, -0.15) is 0 Å². The molecule has 0 radical (unpaired) electrons. The molecule has 2 aromatic rings. The number of hydrogen-bond donors (Lipinski definition) is 0. The molecule has 0 unspecified atom stereocenters. The Bertz CT molecular complexity index is 846. The number of carbonyl (C=O) groups is 2. The van der Waals surface area contributed by atoms with E-state index in [1.165, 1.54) is 12.2 Å². The number of hydroxylamine groups is 4. The first-order valence-corrected chi connectivity index (χ1v) is 8.62. The van der Waals surface area contributed by atoms with Gasteiger partial charge in [0.25, 0.3) is 11.8 Å². The summed E-state index contributed by atoms with van der Waals surface area (Å²) >= 11 is 0. The van der Waals surface area contributed by atoms with Gasteiger partial charge in [-0.25, -0.2) is 10.1 Å². The molecule has 6 heteroatoms. The number of nitrogens with zero attached hydrogens (tertiary/aromatic N) is 2. The number of rotatable bonds is 4. The first kappa shape index (κ1) is 18.8. The van der Waals surface area contributed by atoms with Crippen LogP contribution in [0.3, 0.4) is 0 Å². The molecule has 1 aliphatic heterocycles. The quantitative estimate of drug-likeness (QED) is 0.615. The third-order valence-electron chi connectivity index (χ3n) is 4.41. The SMILES string of the molecule is CON(C)C(=O)c1ccc([C@H]2C=C(C)CON2C(=O)c2ccccc2)cc1. The van der Waals surface area contributed by atoms with Crippen molar-refractivity contribution < 1.29 is 19.3 Å². The van der Waals surface area contributed by atoms with Crippen molar-refractivity contribution in [3.63, 3.8) is 0 Å². The minimum absolute atomic E-state index is 0.205. The minimum atomic E-state index is -0.365. The van der Waals surface area contributed by atoms with E-state index < -0.39 is 0 Å². The van der Waals surface area contributed by atoms with Gasteiger partial charge in [0.2, 0.25) is 0 Å². The second-order valence-corrected chi connectivity index (χ2v) is 6.34. The Morgan fingerprint density at radius 1 is 1.07 bits per heavy atom. The Balaban J connectivity index is 1.88. The molecule has 0 N–H and O–H groups in total. The van der Waals surface area contributed by atoms with E-state index in [0.29, 0.717) is 17.7 Å². The number of carbonyl (C=O) groups excluding carboxylic acids is 2. The molecule has 140 valence electrons. The van der Waals surface area contributed by atoms with Crippen molar-refractivity contribution in [2.75, 3.05) is 20.8 Å². The molecule has 1 aliphatic rings. The molecule has 0 aliphatic carbocycles. The number of benzene rings is 2. The molecule has 27 heavy (non-hydrogen) atoms. The molecule has 0 saturated carbocycles. The van der Waals surface area contributed by atoms with Crippen LogP contribution in [0.25, 0.3) is 0 Å². The van der Waals surface area contributed by atoms with E-state index in [9.17, 15) is 9.59 Å². The topological polar surface area (TPSA) is 59.1 Å². The molecule has 0 bridgehead atoms. The van der Waals surface area contributed by atoms with Crippen LogP contribution in [0.2, 0.25) is 0 Å². The maximum absolute atomic E-state index is 12.9. The van der Waals surface area contributed by atoms with Crippen LogP contribution >= 0.6 is 0 Å². The van der Waals surface area contributed by atoms with Gasteiger partial charge in [0.15, 0.2) is 0 Å². The summed E-state index contributed by atoms with van der Waals surface area (Å²) in [7, 11) is 2.99. The Morgan fingerprint density at radius 2 is 1.74 bits per heavy atom. The zero-order valence-electron chi connectivity index (χ0n) is 15.6. The van der Waals surface area contributed by atoms with Crippen LogP contribution in [0.5, 0.6) is 0 Å². The Kier molecular flexibility index (Phi) is 5.69. The highest BCUT2D eigenvalue weighted by molar-refractivity contribution is 5.94. The molecule has 0 aromatic heterocycles. The largest absolute Gasteiger partial charge is 0.278 e. The first-order valence-electron chi connectivity index (χ1n) is 8.62. The lowest BCUT2D eigenvalue weighted by molar-refractivity contribution is -0.140. The van der Waals surface area contributed by atoms with E-state index >= 15 is 0 Å². The van der Waals surface area contributed by atoms with Crippen molar-refractivity contribution in [2.24, 2.45) is 0 Å². The van der Waals surface area contributed by atoms with E-state index in [4.69, 9.17) is 9.68 Å². The lowest BCUT2D eigenvalue weighted by Crippen LogP contribution is -2.37. The van der Waals surface area contributed by atoms with Crippen LogP contribution in [-0.2, 0) is 9.68 Å². The molecule has 6 nitrogen and oxygen atoms in total. The van der Waals surface area contributed by atoms with Gasteiger partial charge in [-0.3, -0.25) is 19.3 Å². The van der Waals surface area contributed by atoms with Gasteiger partial charge in [-0.05, 0) is 42.3 Å². The van der Waals surface area contributed by atoms with Crippen molar-refractivity contribution >= 4 is 11.8 Å². The molecule has 3 rings (SSSR count). The highest BCUT2D eigenvalue weighted by atomic mass is 16.7. The summed E-state index contributed by atoms with van der Waals surface area (Å²) in [4.78, 5) is 35.7. The van der Waals surface area contributed by atoms with Gasteiger partial charge >= 0.3 is 0 Å². The molecule has 2 aromatic carbocycles. The summed E-state index contributed by atoms with van der Waals surface area (Å²) in [5.41, 5.74) is 2.96. The highest BCUT2D eigenvalue weighted by Gasteiger charge is 2.29. The number of amides is 2. The second-order valence-electron chi connectivity index (χ2n) is 6.34. The molecule has 0 spiro atoms. The highest BCUT2D eigenvalue weighted by Crippen LogP contribution is 2.30. The van der Waals surface area contributed by atoms with Crippen LogP contribution in [0.15, 0.2) is 66.2 Å². The van der Waals surface area contributed by atoms with Crippen molar-refractivity contribution in [3.8, 4) is 0 Å². The van der Waals surface area contributed by atoms with Crippen LogP contribution in [0.4, 0.5) is 0 Å². The summed E-state index contributed by atoms with van der Waals surface area (Å²) in [5, 5.41) is 2.55. The molecular formula is C21H22N2O4. The average Bonchev–Trinajstić information content (AvgIpc) is 2.73. The summed E-state index contributed by atoms with van der Waals surface area (Å²) in [6.07, 6.45) is 2.00. The van der Waals surface area contributed by atoms with Gasteiger partial charge in [-0.1, -0.05) is 36.4 Å². The van der Waals surface area contributed by atoms with Gasteiger partial charge in [0, 0.05) is 18.2 Å².